The van der Waals surface area contributed by atoms with E-state index >= 15 is 0 Å². The molecule has 12 nitrogen and oxygen atoms in total. The van der Waals surface area contributed by atoms with E-state index in [0.29, 0.717) is 5.56 Å². The quantitative estimate of drug-likeness (QED) is 0.302. The van der Waals surface area contributed by atoms with E-state index in [1.54, 1.807) is 0 Å². The van der Waals surface area contributed by atoms with Gasteiger partial charge in [-0.15, -0.1) is 0 Å². The number of benzene rings is 1. The van der Waals surface area contributed by atoms with Crippen molar-refractivity contribution in [1.82, 2.24) is 14.9 Å². The first-order valence-corrected chi connectivity index (χ1v) is 9.20. The number of thiol groups is 1. The average molecular weight is 435 g/mol. The van der Waals surface area contributed by atoms with Crippen LogP contribution in [0.15, 0.2) is 30.5 Å². The molecule has 0 bridgehead atoms. The smallest absolute Gasteiger partial charge is 0.410 e. The maximum atomic E-state index is 12.6. The number of anilines is 1. The molecule has 2 aromatic rings. The van der Waals surface area contributed by atoms with Gasteiger partial charge < -0.3 is 20.1 Å². The van der Waals surface area contributed by atoms with Crippen LogP contribution in [0.1, 0.15) is 22.6 Å². The first-order chi connectivity index (χ1) is 14.2. The number of nitro benzene ring substituents is 1. The van der Waals surface area contributed by atoms with Crippen LogP contribution in [0.4, 0.5) is 16.3 Å². The maximum Gasteiger partial charge on any atom is 0.410 e. The van der Waals surface area contributed by atoms with Gasteiger partial charge in [-0.25, -0.2) is 14.6 Å². The average Bonchev–Trinajstić information content (AvgIpc) is 3.33. The summed E-state index contributed by atoms with van der Waals surface area (Å²) in [6.45, 7) is 0.0570. The minimum absolute atomic E-state index is 0.0132. The zero-order valence-electron chi connectivity index (χ0n) is 15.3. The Labute approximate surface area is 174 Å². The number of carboxylic acid groups (broad SMARTS) is 1. The Morgan fingerprint density at radius 2 is 2.07 bits per heavy atom. The number of carbonyl (C=O) groups is 3. The number of ether oxygens (including phenoxy) is 1. The summed E-state index contributed by atoms with van der Waals surface area (Å²) in [5, 5.41) is 21.8. The largest absolute Gasteiger partial charge is 0.475 e. The van der Waals surface area contributed by atoms with Crippen molar-refractivity contribution in [3.63, 3.8) is 0 Å². The Bertz CT molecular complexity index is 977. The molecule has 1 saturated heterocycles. The number of likely N-dealkylation sites (tertiary alicyclic amines) is 1. The van der Waals surface area contributed by atoms with Gasteiger partial charge in [0.15, 0.2) is 5.82 Å². The number of nitrogens with zero attached hydrogens (tertiary/aromatic N) is 3. The number of imidazole rings is 1. The van der Waals surface area contributed by atoms with Gasteiger partial charge in [-0.3, -0.25) is 19.8 Å². The molecule has 0 aliphatic carbocycles. The number of hydrogen-bond donors (Lipinski definition) is 4. The molecule has 2 amide bonds. The molecule has 0 unspecified atom stereocenters. The first kappa shape index (κ1) is 21.1. The number of carbonyl (C=O) groups excluding carboxylic acids is 2. The van der Waals surface area contributed by atoms with E-state index < -0.39 is 28.9 Å². The Hall–Kier alpha value is -3.61. The van der Waals surface area contributed by atoms with Crippen molar-refractivity contribution in [2.75, 3.05) is 11.9 Å². The maximum absolute atomic E-state index is 12.6. The molecule has 0 radical (unpaired) electrons. The van der Waals surface area contributed by atoms with Crippen LogP contribution in [0.5, 0.6) is 0 Å². The highest BCUT2D eigenvalue weighted by Gasteiger charge is 2.39. The second kappa shape index (κ2) is 8.82. The second-order valence-electron chi connectivity index (χ2n) is 6.46. The summed E-state index contributed by atoms with van der Waals surface area (Å²) in [5.74, 6) is -2.15. The standard InChI is InChI=1S/C17H17N5O7S/c23-15(20-13-6-18-14(19-13)16(24)25)12-5-11(30)7-21(12)17(26)29-8-9-1-3-10(4-2-9)22(27)28/h1-4,6,11-12,30H,5,7-8H2,(H,18,19)(H,20,23)(H,24,25)/t11-,12-/m0/s1. The number of aromatic amines is 1. The zero-order valence-corrected chi connectivity index (χ0v) is 16.2. The number of carboxylic acids is 1. The van der Waals surface area contributed by atoms with Crippen LogP contribution in [0.3, 0.4) is 0 Å². The van der Waals surface area contributed by atoms with Crippen molar-refractivity contribution in [1.29, 1.82) is 0 Å². The molecular weight excluding hydrogens is 418 g/mol. The normalized spacial score (nSPS) is 18.1. The van der Waals surface area contributed by atoms with E-state index in [-0.39, 0.29) is 42.2 Å². The van der Waals surface area contributed by atoms with Gasteiger partial charge in [0.25, 0.3) is 5.69 Å². The van der Waals surface area contributed by atoms with Crippen LogP contribution in [0.2, 0.25) is 0 Å². The summed E-state index contributed by atoms with van der Waals surface area (Å²) in [4.78, 5) is 53.4. The van der Waals surface area contributed by atoms with E-state index in [9.17, 15) is 24.5 Å². The van der Waals surface area contributed by atoms with Gasteiger partial charge >= 0.3 is 12.1 Å². The molecule has 1 aromatic carbocycles. The third kappa shape index (κ3) is 4.86. The van der Waals surface area contributed by atoms with Crippen molar-refractivity contribution in [3.8, 4) is 0 Å². The van der Waals surface area contributed by atoms with Gasteiger partial charge in [-0.1, -0.05) is 0 Å². The SMILES string of the molecule is O=C(O)c1nc(NC(=O)[C@@H]2C[C@H](S)CN2C(=O)OCc2ccc([N+](=O)[O-])cc2)c[nH]1. The Morgan fingerprint density at radius 1 is 1.37 bits per heavy atom. The first-order valence-electron chi connectivity index (χ1n) is 8.69. The fourth-order valence-electron chi connectivity index (χ4n) is 2.91. The highest BCUT2D eigenvalue weighted by Crippen LogP contribution is 2.24. The Balaban J connectivity index is 1.61. The van der Waals surface area contributed by atoms with Crippen LogP contribution < -0.4 is 5.32 Å². The molecule has 1 aliphatic rings. The second-order valence-corrected chi connectivity index (χ2v) is 7.19. The van der Waals surface area contributed by atoms with Crippen LogP contribution in [-0.4, -0.2) is 60.7 Å². The predicted molar refractivity (Wildman–Crippen MR) is 105 cm³/mol. The van der Waals surface area contributed by atoms with Crippen molar-refractivity contribution in [2.45, 2.75) is 24.3 Å². The van der Waals surface area contributed by atoms with Crippen molar-refractivity contribution < 1.29 is 29.2 Å². The molecule has 3 N–H and O–H groups in total. The molecule has 2 atom stereocenters. The number of amides is 2. The number of aromatic carboxylic acids is 1. The molecule has 30 heavy (non-hydrogen) atoms. The number of non-ortho nitro benzene ring substituents is 1. The Morgan fingerprint density at radius 3 is 2.67 bits per heavy atom. The molecule has 2 heterocycles. The van der Waals surface area contributed by atoms with E-state index in [1.807, 2.05) is 0 Å². The van der Waals surface area contributed by atoms with Crippen LogP contribution in [0, 0.1) is 10.1 Å². The molecule has 0 spiro atoms. The van der Waals surface area contributed by atoms with Crippen LogP contribution >= 0.6 is 12.6 Å². The molecule has 3 rings (SSSR count). The van der Waals surface area contributed by atoms with Gasteiger partial charge in [0.05, 0.1) is 4.92 Å². The summed E-state index contributed by atoms with van der Waals surface area (Å²) in [5.41, 5.74) is 0.470. The number of aromatic nitrogens is 2. The molecule has 0 saturated carbocycles. The van der Waals surface area contributed by atoms with Gasteiger partial charge in [-0.05, 0) is 24.1 Å². The fraction of sp³-hybridized carbons (Fsp3) is 0.294. The molecule has 13 heteroatoms. The van der Waals surface area contributed by atoms with Crippen molar-refractivity contribution in [2.24, 2.45) is 0 Å². The summed E-state index contributed by atoms with van der Waals surface area (Å²) in [7, 11) is 0. The number of nitrogens with one attached hydrogen (secondary N) is 2. The third-order valence-corrected chi connectivity index (χ3v) is 4.73. The lowest BCUT2D eigenvalue weighted by atomic mass is 10.2. The minimum atomic E-state index is -1.27. The van der Waals surface area contributed by atoms with E-state index in [2.05, 4.69) is 27.9 Å². The topological polar surface area (TPSA) is 168 Å². The minimum Gasteiger partial charge on any atom is -0.475 e. The summed E-state index contributed by atoms with van der Waals surface area (Å²) in [6.07, 6.45) is 0.766. The molecule has 1 fully saturated rings. The summed E-state index contributed by atoms with van der Waals surface area (Å²) >= 11 is 4.33. The molecule has 1 aliphatic heterocycles. The number of H-pyrrole nitrogens is 1. The lowest BCUT2D eigenvalue weighted by molar-refractivity contribution is -0.384. The highest BCUT2D eigenvalue weighted by atomic mass is 32.1. The predicted octanol–water partition coefficient (Wildman–Crippen LogP) is 1.66. The molecule has 1 aromatic heterocycles. The third-order valence-electron chi connectivity index (χ3n) is 4.36. The number of rotatable bonds is 6. The van der Waals surface area contributed by atoms with Crippen molar-refractivity contribution in [3.05, 3.63) is 52.0 Å². The van der Waals surface area contributed by atoms with E-state index in [4.69, 9.17) is 9.84 Å². The molecular formula is C17H17N5O7S. The van der Waals surface area contributed by atoms with Gasteiger partial charge in [0.2, 0.25) is 11.7 Å². The highest BCUT2D eigenvalue weighted by molar-refractivity contribution is 7.81. The van der Waals surface area contributed by atoms with Crippen LogP contribution in [0.25, 0.3) is 0 Å². The van der Waals surface area contributed by atoms with Gasteiger partial charge in [-0.2, -0.15) is 12.6 Å². The zero-order chi connectivity index (χ0) is 21.8. The monoisotopic (exact) mass is 435 g/mol. The molecule has 158 valence electrons. The van der Waals surface area contributed by atoms with E-state index in [1.165, 1.54) is 35.4 Å². The van der Waals surface area contributed by atoms with Crippen LogP contribution in [-0.2, 0) is 16.1 Å². The van der Waals surface area contributed by atoms with Gasteiger partial charge in [0, 0.05) is 30.1 Å². The summed E-state index contributed by atoms with van der Waals surface area (Å²) < 4.78 is 5.23. The lowest BCUT2D eigenvalue weighted by Gasteiger charge is -2.22. The lowest BCUT2D eigenvalue weighted by Crippen LogP contribution is -2.43. The van der Waals surface area contributed by atoms with Crippen molar-refractivity contribution >= 4 is 42.1 Å². The van der Waals surface area contributed by atoms with Gasteiger partial charge in [0.1, 0.15) is 12.6 Å². The number of hydrogen-bond acceptors (Lipinski definition) is 8. The fourth-order valence-corrected chi connectivity index (χ4v) is 3.29. The Kier molecular flexibility index (Phi) is 6.20. The summed E-state index contributed by atoms with van der Waals surface area (Å²) in [6, 6.07) is 4.67. The number of nitro groups is 1. The van der Waals surface area contributed by atoms with E-state index in [0.717, 1.165) is 0 Å².